The van der Waals surface area contributed by atoms with Gasteiger partial charge in [-0.2, -0.15) is 5.26 Å². The number of nitriles is 1. The fourth-order valence-electron chi connectivity index (χ4n) is 2.46. The van der Waals surface area contributed by atoms with E-state index in [1.807, 2.05) is 12.1 Å². The lowest BCUT2D eigenvalue weighted by Crippen LogP contribution is -2.41. The molecule has 1 fully saturated rings. The van der Waals surface area contributed by atoms with E-state index in [0.29, 0.717) is 12.0 Å². The van der Waals surface area contributed by atoms with Crippen LogP contribution in [0.5, 0.6) is 0 Å². The van der Waals surface area contributed by atoms with Crippen molar-refractivity contribution in [3.05, 3.63) is 28.2 Å². The number of rotatable bonds is 1. The van der Waals surface area contributed by atoms with Crippen LogP contribution in [0.25, 0.3) is 0 Å². The maximum Gasteiger partial charge on any atom is 0.101 e. The molecule has 2 unspecified atom stereocenters. The van der Waals surface area contributed by atoms with E-state index in [9.17, 15) is 5.26 Å². The number of nitrogens with zero attached hydrogens (tertiary/aromatic N) is 2. The summed E-state index contributed by atoms with van der Waals surface area (Å²) in [4.78, 5) is 2.37. The predicted octanol–water partition coefficient (Wildman–Crippen LogP) is 3.95. The molecule has 1 heterocycles. The Labute approximate surface area is 111 Å². The Morgan fingerprint density at radius 2 is 2.12 bits per heavy atom. The lowest BCUT2D eigenvalue weighted by atomic mass is 9.94. The summed E-state index contributed by atoms with van der Waals surface area (Å²) >= 11 is 3.49. The first kappa shape index (κ1) is 12.4. The van der Waals surface area contributed by atoms with E-state index in [-0.39, 0.29) is 0 Å². The molecule has 1 saturated heterocycles. The van der Waals surface area contributed by atoms with E-state index >= 15 is 0 Å². The molecule has 1 aromatic rings. The summed E-state index contributed by atoms with van der Waals surface area (Å²) in [7, 11) is 0. The molecule has 0 aliphatic carbocycles. The van der Waals surface area contributed by atoms with Crippen LogP contribution in [0, 0.1) is 17.2 Å². The molecular weight excluding hydrogens is 276 g/mol. The van der Waals surface area contributed by atoms with Gasteiger partial charge >= 0.3 is 0 Å². The first-order chi connectivity index (χ1) is 8.11. The molecule has 0 saturated carbocycles. The lowest BCUT2D eigenvalue weighted by Gasteiger charge is -2.39. The molecule has 2 rings (SSSR count). The molecule has 0 amide bonds. The van der Waals surface area contributed by atoms with Gasteiger partial charge in [0, 0.05) is 17.1 Å². The van der Waals surface area contributed by atoms with Crippen molar-refractivity contribution in [1.29, 1.82) is 5.26 Å². The Kier molecular flexibility index (Phi) is 3.73. The van der Waals surface area contributed by atoms with Gasteiger partial charge in [0.2, 0.25) is 0 Å². The predicted molar refractivity (Wildman–Crippen MR) is 74.1 cm³/mol. The molecule has 0 spiro atoms. The summed E-state index contributed by atoms with van der Waals surface area (Å²) in [5, 5.41) is 9.20. The molecule has 0 radical (unpaired) electrons. The van der Waals surface area contributed by atoms with Crippen molar-refractivity contribution in [2.45, 2.75) is 32.7 Å². The highest BCUT2D eigenvalue weighted by Gasteiger charge is 2.24. The molecule has 0 bridgehead atoms. The zero-order valence-electron chi connectivity index (χ0n) is 10.3. The molecule has 90 valence electrons. The van der Waals surface area contributed by atoms with Crippen LogP contribution in [0.2, 0.25) is 0 Å². The van der Waals surface area contributed by atoms with Crippen LogP contribution in [-0.4, -0.2) is 12.6 Å². The highest BCUT2D eigenvalue weighted by atomic mass is 79.9. The minimum atomic E-state index is 0.521. The van der Waals surface area contributed by atoms with Gasteiger partial charge in [-0.15, -0.1) is 0 Å². The molecule has 2 nitrogen and oxygen atoms in total. The van der Waals surface area contributed by atoms with Gasteiger partial charge in [0.25, 0.3) is 0 Å². The topological polar surface area (TPSA) is 27.0 Å². The Hall–Kier alpha value is -1.01. The molecular formula is C14H17BrN2. The average Bonchev–Trinajstić information content (AvgIpc) is 2.32. The van der Waals surface area contributed by atoms with Crippen molar-refractivity contribution in [3.8, 4) is 6.07 Å². The van der Waals surface area contributed by atoms with E-state index in [1.54, 1.807) is 0 Å². The second-order valence-corrected chi connectivity index (χ2v) is 5.87. The fraction of sp³-hybridized carbons (Fsp3) is 0.500. The van der Waals surface area contributed by atoms with Crippen LogP contribution in [0.1, 0.15) is 32.3 Å². The highest BCUT2D eigenvalue weighted by molar-refractivity contribution is 9.10. The summed E-state index contributed by atoms with van der Waals surface area (Å²) in [5.74, 6) is 0.705. The minimum Gasteiger partial charge on any atom is -0.367 e. The van der Waals surface area contributed by atoms with Crippen LogP contribution in [0.15, 0.2) is 22.7 Å². The van der Waals surface area contributed by atoms with Crippen molar-refractivity contribution < 1.29 is 0 Å². The number of hydrogen-bond donors (Lipinski definition) is 0. The van der Waals surface area contributed by atoms with Crippen LogP contribution in [-0.2, 0) is 0 Å². The standard InChI is InChI=1S/C14H17BrN2/c1-10-3-4-11(2)17(9-10)14-7-13(15)6-5-12(14)8-16/h5-7,10-11H,3-4,9H2,1-2H3. The number of anilines is 1. The zero-order chi connectivity index (χ0) is 12.4. The Morgan fingerprint density at radius 3 is 2.82 bits per heavy atom. The summed E-state index contributed by atoms with van der Waals surface area (Å²) in [6.45, 7) is 5.57. The average molecular weight is 293 g/mol. The lowest BCUT2D eigenvalue weighted by molar-refractivity contribution is 0.390. The zero-order valence-corrected chi connectivity index (χ0v) is 11.9. The van der Waals surface area contributed by atoms with Gasteiger partial charge in [-0.05, 0) is 43.9 Å². The molecule has 1 aliphatic heterocycles. The van der Waals surface area contributed by atoms with Crippen molar-refractivity contribution in [2.75, 3.05) is 11.4 Å². The third-order valence-electron chi connectivity index (χ3n) is 3.51. The molecule has 3 heteroatoms. The van der Waals surface area contributed by atoms with E-state index in [2.05, 4.69) is 46.8 Å². The normalized spacial score (nSPS) is 24.5. The van der Waals surface area contributed by atoms with Gasteiger partial charge in [0.15, 0.2) is 0 Å². The number of piperidine rings is 1. The Morgan fingerprint density at radius 1 is 1.35 bits per heavy atom. The minimum absolute atomic E-state index is 0.521. The van der Waals surface area contributed by atoms with Gasteiger partial charge in [-0.1, -0.05) is 22.9 Å². The Balaban J connectivity index is 2.38. The summed E-state index contributed by atoms with van der Waals surface area (Å²) < 4.78 is 1.04. The van der Waals surface area contributed by atoms with Gasteiger partial charge in [0.1, 0.15) is 6.07 Å². The molecule has 1 aromatic carbocycles. The van der Waals surface area contributed by atoms with Crippen LogP contribution < -0.4 is 4.90 Å². The van der Waals surface area contributed by atoms with Crippen molar-refractivity contribution in [1.82, 2.24) is 0 Å². The van der Waals surface area contributed by atoms with E-state index in [0.717, 1.165) is 22.3 Å². The molecule has 1 aliphatic rings. The van der Waals surface area contributed by atoms with E-state index in [1.165, 1.54) is 12.8 Å². The third kappa shape index (κ3) is 2.63. The first-order valence-electron chi connectivity index (χ1n) is 6.08. The maximum atomic E-state index is 9.20. The summed E-state index contributed by atoms with van der Waals surface area (Å²) in [6.07, 6.45) is 2.49. The van der Waals surface area contributed by atoms with Crippen molar-refractivity contribution in [2.24, 2.45) is 5.92 Å². The van der Waals surface area contributed by atoms with Gasteiger partial charge in [-0.3, -0.25) is 0 Å². The van der Waals surface area contributed by atoms with Crippen LogP contribution in [0.3, 0.4) is 0 Å². The van der Waals surface area contributed by atoms with E-state index in [4.69, 9.17) is 0 Å². The van der Waals surface area contributed by atoms with Crippen LogP contribution in [0.4, 0.5) is 5.69 Å². The summed E-state index contributed by atoms with van der Waals surface area (Å²) in [6, 6.07) is 8.70. The largest absolute Gasteiger partial charge is 0.367 e. The first-order valence-corrected chi connectivity index (χ1v) is 6.87. The van der Waals surface area contributed by atoms with Crippen molar-refractivity contribution >= 4 is 21.6 Å². The number of halogens is 1. The molecule has 0 aromatic heterocycles. The Bertz CT molecular complexity index is 450. The SMILES string of the molecule is CC1CCC(C)N(c2cc(Br)ccc2C#N)C1. The molecule has 0 N–H and O–H groups in total. The second kappa shape index (κ2) is 5.10. The smallest absolute Gasteiger partial charge is 0.101 e. The van der Waals surface area contributed by atoms with E-state index < -0.39 is 0 Å². The summed E-state index contributed by atoms with van der Waals surface area (Å²) in [5.41, 5.74) is 1.84. The van der Waals surface area contributed by atoms with Crippen LogP contribution >= 0.6 is 15.9 Å². The van der Waals surface area contributed by atoms with Crippen molar-refractivity contribution in [3.63, 3.8) is 0 Å². The fourth-order valence-corrected chi connectivity index (χ4v) is 2.81. The van der Waals surface area contributed by atoms with Gasteiger partial charge in [0.05, 0.1) is 11.3 Å². The monoisotopic (exact) mass is 292 g/mol. The maximum absolute atomic E-state index is 9.20. The van der Waals surface area contributed by atoms with Gasteiger partial charge < -0.3 is 4.90 Å². The van der Waals surface area contributed by atoms with Gasteiger partial charge in [-0.25, -0.2) is 0 Å². The molecule has 2 atom stereocenters. The number of benzene rings is 1. The highest BCUT2D eigenvalue weighted by Crippen LogP contribution is 2.31. The molecule has 17 heavy (non-hydrogen) atoms. The number of hydrogen-bond acceptors (Lipinski definition) is 2. The second-order valence-electron chi connectivity index (χ2n) is 4.96. The quantitative estimate of drug-likeness (QED) is 0.784. The third-order valence-corrected chi connectivity index (χ3v) is 4.00.